The van der Waals surface area contributed by atoms with Gasteiger partial charge in [0.2, 0.25) is 5.95 Å². The number of hydrogen-bond donors (Lipinski definition) is 1. The molecule has 0 aliphatic rings. The number of halogens is 4. The van der Waals surface area contributed by atoms with Crippen molar-refractivity contribution >= 4 is 23.1 Å². The Morgan fingerprint density at radius 1 is 1.09 bits per heavy atom. The maximum absolute atomic E-state index is 13.4. The summed E-state index contributed by atoms with van der Waals surface area (Å²) in [5, 5.41) is 3.27. The van der Waals surface area contributed by atoms with Crippen molar-refractivity contribution in [3.05, 3.63) is 93.4 Å². The van der Waals surface area contributed by atoms with Crippen molar-refractivity contribution < 1.29 is 17.9 Å². The Labute approximate surface area is 186 Å². The number of ether oxygens (including phenoxy) is 1. The number of alkyl halides is 3. The normalized spacial score (nSPS) is 11.5. The fourth-order valence-corrected chi connectivity index (χ4v) is 3.57. The van der Waals surface area contributed by atoms with Crippen LogP contribution in [0.5, 0.6) is 5.75 Å². The first-order valence-electron chi connectivity index (χ1n) is 9.53. The topological polar surface area (TPSA) is 55.6 Å². The summed E-state index contributed by atoms with van der Waals surface area (Å²) < 4.78 is 46.8. The molecule has 0 fully saturated rings. The number of nitrogens with one attached hydrogen (secondary N) is 1. The highest BCUT2D eigenvalue weighted by Gasteiger charge is 2.31. The second-order valence-corrected chi connectivity index (χ2v) is 7.37. The number of methoxy groups -OCH3 is 1. The van der Waals surface area contributed by atoms with Gasteiger partial charge in [0, 0.05) is 23.3 Å². The Hall–Kier alpha value is -3.52. The van der Waals surface area contributed by atoms with Crippen LogP contribution < -0.4 is 15.6 Å². The molecule has 0 aliphatic heterocycles. The SMILES string of the molecule is COc1ccc(CNc2nc(=O)c(-c3ccccc3Cl)c3cc(C(F)(F)F)ccn23)cc1. The quantitative estimate of drug-likeness (QED) is 0.419. The average Bonchev–Trinajstić information content (AvgIpc) is 2.77. The van der Waals surface area contributed by atoms with E-state index in [9.17, 15) is 18.0 Å². The maximum Gasteiger partial charge on any atom is 0.416 e. The van der Waals surface area contributed by atoms with Crippen LogP contribution in [0.2, 0.25) is 5.02 Å². The zero-order valence-electron chi connectivity index (χ0n) is 16.8. The highest BCUT2D eigenvalue weighted by Crippen LogP contribution is 2.34. The summed E-state index contributed by atoms with van der Waals surface area (Å²) in [5.74, 6) is 0.808. The van der Waals surface area contributed by atoms with Crippen molar-refractivity contribution in [1.82, 2.24) is 9.38 Å². The smallest absolute Gasteiger partial charge is 0.416 e. The third-order valence-corrected chi connectivity index (χ3v) is 5.27. The third kappa shape index (κ3) is 4.27. The first kappa shape index (κ1) is 21.7. The van der Waals surface area contributed by atoms with Crippen LogP contribution in [0.1, 0.15) is 11.1 Å². The molecule has 32 heavy (non-hydrogen) atoms. The van der Waals surface area contributed by atoms with E-state index in [0.717, 1.165) is 17.7 Å². The molecule has 9 heteroatoms. The molecule has 0 unspecified atom stereocenters. The summed E-state index contributed by atoms with van der Waals surface area (Å²) in [4.78, 5) is 17.0. The summed E-state index contributed by atoms with van der Waals surface area (Å²) in [7, 11) is 1.56. The molecule has 164 valence electrons. The van der Waals surface area contributed by atoms with Gasteiger partial charge in [-0.15, -0.1) is 0 Å². The van der Waals surface area contributed by atoms with Gasteiger partial charge in [-0.25, -0.2) is 0 Å². The van der Waals surface area contributed by atoms with Crippen LogP contribution in [-0.2, 0) is 12.7 Å². The molecule has 0 radical (unpaired) electrons. The number of pyridine rings is 1. The molecule has 0 saturated heterocycles. The number of aromatic nitrogens is 2. The summed E-state index contributed by atoms with van der Waals surface area (Å²) in [6.07, 6.45) is -3.34. The Kier molecular flexibility index (Phi) is 5.80. The van der Waals surface area contributed by atoms with E-state index in [4.69, 9.17) is 16.3 Å². The van der Waals surface area contributed by atoms with E-state index in [2.05, 4.69) is 10.3 Å². The minimum Gasteiger partial charge on any atom is -0.497 e. The number of anilines is 1. The van der Waals surface area contributed by atoms with Crippen molar-refractivity contribution in [2.24, 2.45) is 0 Å². The second-order valence-electron chi connectivity index (χ2n) is 6.97. The highest BCUT2D eigenvalue weighted by atomic mass is 35.5. The Morgan fingerprint density at radius 2 is 1.81 bits per heavy atom. The number of fused-ring (bicyclic) bond motifs is 1. The number of benzene rings is 2. The van der Waals surface area contributed by atoms with Crippen LogP contribution in [0.25, 0.3) is 16.6 Å². The molecule has 0 aliphatic carbocycles. The molecule has 2 aromatic heterocycles. The monoisotopic (exact) mass is 459 g/mol. The van der Waals surface area contributed by atoms with Crippen LogP contribution >= 0.6 is 11.6 Å². The van der Waals surface area contributed by atoms with E-state index in [1.165, 1.54) is 10.6 Å². The molecule has 5 nitrogen and oxygen atoms in total. The van der Waals surface area contributed by atoms with E-state index >= 15 is 0 Å². The summed E-state index contributed by atoms with van der Waals surface area (Å²) in [6.45, 7) is 0.297. The van der Waals surface area contributed by atoms with E-state index < -0.39 is 17.3 Å². The molecule has 0 atom stereocenters. The van der Waals surface area contributed by atoms with Gasteiger partial charge in [0.25, 0.3) is 5.56 Å². The minimum atomic E-state index is -4.57. The lowest BCUT2D eigenvalue weighted by Crippen LogP contribution is -2.19. The Balaban J connectivity index is 1.85. The number of hydrogen-bond acceptors (Lipinski definition) is 4. The van der Waals surface area contributed by atoms with Gasteiger partial charge in [-0.1, -0.05) is 41.9 Å². The molecule has 0 amide bonds. The number of nitrogens with zero attached hydrogens (tertiary/aromatic N) is 2. The first-order valence-corrected chi connectivity index (χ1v) is 9.91. The van der Waals surface area contributed by atoms with Crippen molar-refractivity contribution in [1.29, 1.82) is 0 Å². The predicted molar refractivity (Wildman–Crippen MR) is 117 cm³/mol. The van der Waals surface area contributed by atoms with Gasteiger partial charge in [-0.3, -0.25) is 9.20 Å². The summed E-state index contributed by atoms with van der Waals surface area (Å²) in [6, 6.07) is 15.6. The molecule has 0 saturated carbocycles. The highest BCUT2D eigenvalue weighted by molar-refractivity contribution is 6.33. The second kappa shape index (κ2) is 8.55. The van der Waals surface area contributed by atoms with Crippen molar-refractivity contribution in [3.8, 4) is 16.9 Å². The van der Waals surface area contributed by atoms with Crippen LogP contribution in [0.15, 0.2) is 71.7 Å². The Bertz CT molecular complexity index is 1340. The van der Waals surface area contributed by atoms with Gasteiger partial charge in [-0.05, 0) is 35.9 Å². The maximum atomic E-state index is 13.4. The molecule has 2 aromatic carbocycles. The number of rotatable bonds is 5. The lowest BCUT2D eigenvalue weighted by Gasteiger charge is -2.16. The van der Waals surface area contributed by atoms with E-state index in [-0.39, 0.29) is 22.1 Å². The molecule has 0 spiro atoms. The van der Waals surface area contributed by atoms with Crippen LogP contribution in [0.3, 0.4) is 0 Å². The van der Waals surface area contributed by atoms with Crippen LogP contribution in [0.4, 0.5) is 19.1 Å². The molecular weight excluding hydrogens is 443 g/mol. The van der Waals surface area contributed by atoms with Gasteiger partial charge in [0.1, 0.15) is 5.75 Å². The van der Waals surface area contributed by atoms with Gasteiger partial charge < -0.3 is 10.1 Å². The van der Waals surface area contributed by atoms with Crippen LogP contribution in [0, 0.1) is 0 Å². The molecule has 0 bridgehead atoms. The van der Waals surface area contributed by atoms with Gasteiger partial charge in [-0.2, -0.15) is 18.2 Å². The van der Waals surface area contributed by atoms with Crippen molar-refractivity contribution in [2.45, 2.75) is 12.7 Å². The molecule has 1 N–H and O–H groups in total. The van der Waals surface area contributed by atoms with E-state index in [0.29, 0.717) is 17.9 Å². The average molecular weight is 460 g/mol. The van der Waals surface area contributed by atoms with Crippen molar-refractivity contribution in [3.63, 3.8) is 0 Å². The molecular formula is C23H17ClF3N3O2. The zero-order chi connectivity index (χ0) is 22.9. The van der Waals surface area contributed by atoms with E-state index in [1.54, 1.807) is 43.5 Å². The van der Waals surface area contributed by atoms with Gasteiger partial charge in [0.15, 0.2) is 0 Å². The largest absolute Gasteiger partial charge is 0.497 e. The van der Waals surface area contributed by atoms with Gasteiger partial charge in [0.05, 0.1) is 23.8 Å². The predicted octanol–water partition coefficient (Wildman–Crippen LogP) is 5.65. The van der Waals surface area contributed by atoms with Gasteiger partial charge >= 0.3 is 6.18 Å². The first-order chi connectivity index (χ1) is 15.3. The van der Waals surface area contributed by atoms with E-state index in [1.807, 2.05) is 12.1 Å². The molecule has 4 rings (SSSR count). The Morgan fingerprint density at radius 3 is 2.47 bits per heavy atom. The summed E-state index contributed by atoms with van der Waals surface area (Å²) >= 11 is 6.24. The zero-order valence-corrected chi connectivity index (χ0v) is 17.5. The molecule has 2 heterocycles. The van der Waals surface area contributed by atoms with Crippen molar-refractivity contribution in [2.75, 3.05) is 12.4 Å². The lowest BCUT2D eigenvalue weighted by atomic mass is 10.0. The summed E-state index contributed by atoms with van der Waals surface area (Å²) in [5.41, 5.74) is -0.338. The third-order valence-electron chi connectivity index (χ3n) is 4.94. The molecule has 4 aromatic rings. The fraction of sp³-hybridized carbons (Fsp3) is 0.130. The lowest BCUT2D eigenvalue weighted by molar-refractivity contribution is -0.137. The fourth-order valence-electron chi connectivity index (χ4n) is 3.34. The van der Waals surface area contributed by atoms with Crippen LogP contribution in [-0.4, -0.2) is 16.5 Å². The standard InChI is InChI=1S/C23H17ClF3N3O2/c1-32-16-8-6-14(7-9-16)13-28-22-29-21(31)20(17-4-2-3-5-18(17)24)19-12-15(23(25,26)27)10-11-30(19)22/h2-12H,13H2,1H3,(H,28,29,31). The minimum absolute atomic E-state index is 0.00306.